The lowest BCUT2D eigenvalue weighted by Gasteiger charge is -2.34. The second-order valence-corrected chi connectivity index (χ2v) is 6.45. The molecule has 0 amide bonds. The molecule has 1 rings (SSSR count). The van der Waals surface area contributed by atoms with Crippen molar-refractivity contribution in [3.63, 3.8) is 0 Å². The number of hydrogen-bond donors (Lipinski definition) is 1. The average Bonchev–Trinajstić information content (AvgIpc) is 2.53. The highest BCUT2D eigenvalue weighted by Gasteiger charge is 2.21. The van der Waals surface area contributed by atoms with Crippen LogP contribution >= 0.6 is 35.7 Å². The molecule has 1 atom stereocenters. The van der Waals surface area contributed by atoms with Crippen LogP contribution in [-0.4, -0.2) is 75.0 Å². The molecule has 1 aliphatic heterocycles. The molecule has 0 saturated carbocycles. The highest BCUT2D eigenvalue weighted by atomic mass is 127. The fourth-order valence-electron chi connectivity index (χ4n) is 2.18. The maximum Gasteiger partial charge on any atom is 0.193 e. The number of nitrogens with zero attached hydrogens (tertiary/aromatic N) is 2. The number of nitrogens with one attached hydrogen (secondary N) is 1. The minimum Gasteiger partial charge on any atom is -0.382 e. The molecule has 1 fully saturated rings. The van der Waals surface area contributed by atoms with Crippen molar-refractivity contribution >= 4 is 41.7 Å². The number of hydrogen-bond acceptors (Lipinski definition) is 4. The number of ether oxygens (including phenoxy) is 2. The van der Waals surface area contributed by atoms with Crippen LogP contribution in [0.5, 0.6) is 0 Å². The van der Waals surface area contributed by atoms with Gasteiger partial charge in [-0.15, -0.1) is 24.0 Å². The molecule has 1 saturated heterocycles. The number of halogens is 1. The number of thioether (sulfide) groups is 1. The van der Waals surface area contributed by atoms with E-state index < -0.39 is 0 Å². The van der Waals surface area contributed by atoms with E-state index in [0.717, 1.165) is 50.4 Å². The van der Waals surface area contributed by atoms with Crippen molar-refractivity contribution in [1.82, 2.24) is 10.2 Å². The molecule has 1 aliphatic rings. The third kappa shape index (κ3) is 9.42. The first-order chi connectivity index (χ1) is 10.3. The SMILES string of the molecule is CCNC(=NCCCOCCOC)N1CCSC(CC)C1.I. The second kappa shape index (κ2) is 14.8. The van der Waals surface area contributed by atoms with Crippen LogP contribution in [0.25, 0.3) is 0 Å². The molecule has 0 radical (unpaired) electrons. The third-order valence-electron chi connectivity index (χ3n) is 3.37. The third-order valence-corrected chi connectivity index (χ3v) is 4.74. The van der Waals surface area contributed by atoms with Crippen LogP contribution in [0.1, 0.15) is 26.7 Å². The summed E-state index contributed by atoms with van der Waals surface area (Å²) in [6, 6.07) is 0. The Morgan fingerprint density at radius 2 is 2.14 bits per heavy atom. The largest absolute Gasteiger partial charge is 0.382 e. The van der Waals surface area contributed by atoms with Gasteiger partial charge in [0, 0.05) is 50.9 Å². The van der Waals surface area contributed by atoms with Gasteiger partial charge in [0.15, 0.2) is 5.96 Å². The van der Waals surface area contributed by atoms with Crippen molar-refractivity contribution in [2.24, 2.45) is 4.99 Å². The Balaban J connectivity index is 0.00000441. The summed E-state index contributed by atoms with van der Waals surface area (Å²) in [6.45, 7) is 10.4. The van der Waals surface area contributed by atoms with Crippen LogP contribution in [0, 0.1) is 0 Å². The van der Waals surface area contributed by atoms with E-state index >= 15 is 0 Å². The Labute approximate surface area is 157 Å². The van der Waals surface area contributed by atoms with Crippen LogP contribution in [0.2, 0.25) is 0 Å². The Morgan fingerprint density at radius 1 is 1.32 bits per heavy atom. The predicted molar refractivity (Wildman–Crippen MR) is 107 cm³/mol. The van der Waals surface area contributed by atoms with Crippen LogP contribution in [0.3, 0.4) is 0 Å². The first-order valence-corrected chi connectivity index (χ1v) is 9.08. The Morgan fingerprint density at radius 3 is 2.82 bits per heavy atom. The van der Waals surface area contributed by atoms with Gasteiger partial charge in [0.25, 0.3) is 0 Å². The standard InChI is InChI=1S/C15H31N3O2S.HI/c1-4-14-13-18(8-12-21-14)15(16-5-2)17-7-6-9-20-11-10-19-3;/h14H,4-13H2,1-3H3,(H,16,17);1H. The molecule has 22 heavy (non-hydrogen) atoms. The van der Waals surface area contributed by atoms with E-state index in [1.165, 1.54) is 12.2 Å². The lowest BCUT2D eigenvalue weighted by molar-refractivity contribution is 0.0702. The molecule has 1 N–H and O–H groups in total. The van der Waals surface area contributed by atoms with Crippen LogP contribution in [-0.2, 0) is 9.47 Å². The van der Waals surface area contributed by atoms with E-state index in [1.807, 2.05) is 0 Å². The van der Waals surface area contributed by atoms with Gasteiger partial charge in [0.1, 0.15) is 0 Å². The normalized spacial score (nSPS) is 19.0. The molecule has 0 spiro atoms. The molecule has 1 unspecified atom stereocenters. The van der Waals surface area contributed by atoms with E-state index in [9.17, 15) is 0 Å². The van der Waals surface area contributed by atoms with Gasteiger partial charge in [-0.3, -0.25) is 4.99 Å². The van der Waals surface area contributed by atoms with Gasteiger partial charge in [0.2, 0.25) is 0 Å². The summed E-state index contributed by atoms with van der Waals surface area (Å²) < 4.78 is 10.4. The highest BCUT2D eigenvalue weighted by Crippen LogP contribution is 2.20. The van der Waals surface area contributed by atoms with E-state index in [-0.39, 0.29) is 24.0 Å². The number of methoxy groups -OCH3 is 1. The number of guanidine groups is 1. The van der Waals surface area contributed by atoms with Crippen molar-refractivity contribution in [3.05, 3.63) is 0 Å². The average molecular weight is 445 g/mol. The topological polar surface area (TPSA) is 46.1 Å². The fraction of sp³-hybridized carbons (Fsp3) is 0.933. The zero-order chi connectivity index (χ0) is 15.3. The molecule has 0 aromatic heterocycles. The summed E-state index contributed by atoms with van der Waals surface area (Å²) >= 11 is 2.09. The Hall–Kier alpha value is 0.270. The van der Waals surface area contributed by atoms with E-state index in [0.29, 0.717) is 13.2 Å². The van der Waals surface area contributed by atoms with E-state index in [1.54, 1.807) is 7.11 Å². The minimum absolute atomic E-state index is 0. The van der Waals surface area contributed by atoms with Crippen molar-refractivity contribution in [2.75, 3.05) is 58.9 Å². The molecule has 0 bridgehead atoms. The molecule has 1 heterocycles. The van der Waals surface area contributed by atoms with Gasteiger partial charge in [-0.05, 0) is 19.8 Å². The minimum atomic E-state index is 0. The van der Waals surface area contributed by atoms with Crippen LogP contribution < -0.4 is 5.32 Å². The summed E-state index contributed by atoms with van der Waals surface area (Å²) in [7, 11) is 1.69. The van der Waals surface area contributed by atoms with E-state index in [2.05, 4.69) is 35.8 Å². The smallest absolute Gasteiger partial charge is 0.193 e. The van der Waals surface area contributed by atoms with Gasteiger partial charge < -0.3 is 19.7 Å². The number of aliphatic imine (C=N–C) groups is 1. The summed E-state index contributed by atoms with van der Waals surface area (Å²) in [5.41, 5.74) is 0. The van der Waals surface area contributed by atoms with Gasteiger partial charge in [-0.2, -0.15) is 11.8 Å². The van der Waals surface area contributed by atoms with Crippen LogP contribution in [0.15, 0.2) is 4.99 Å². The van der Waals surface area contributed by atoms with Gasteiger partial charge in [-0.25, -0.2) is 0 Å². The van der Waals surface area contributed by atoms with Crippen molar-refractivity contribution in [3.8, 4) is 0 Å². The van der Waals surface area contributed by atoms with Crippen molar-refractivity contribution < 1.29 is 9.47 Å². The Kier molecular flexibility index (Phi) is 15.0. The molecule has 0 aliphatic carbocycles. The zero-order valence-corrected chi connectivity index (χ0v) is 17.3. The highest BCUT2D eigenvalue weighted by molar-refractivity contribution is 14.0. The molecule has 132 valence electrons. The fourth-order valence-corrected chi connectivity index (χ4v) is 3.36. The quantitative estimate of drug-likeness (QED) is 0.256. The molecular formula is C15H32IN3O2S. The predicted octanol–water partition coefficient (Wildman–Crippen LogP) is 2.45. The first-order valence-electron chi connectivity index (χ1n) is 8.03. The van der Waals surface area contributed by atoms with Gasteiger partial charge in [0.05, 0.1) is 13.2 Å². The molecule has 5 nitrogen and oxygen atoms in total. The van der Waals surface area contributed by atoms with Crippen LogP contribution in [0.4, 0.5) is 0 Å². The van der Waals surface area contributed by atoms with Crippen molar-refractivity contribution in [2.45, 2.75) is 31.9 Å². The van der Waals surface area contributed by atoms with Gasteiger partial charge >= 0.3 is 0 Å². The first kappa shape index (κ1) is 22.3. The summed E-state index contributed by atoms with van der Waals surface area (Å²) in [5.74, 6) is 2.26. The van der Waals surface area contributed by atoms with Crippen molar-refractivity contribution in [1.29, 1.82) is 0 Å². The number of rotatable bonds is 9. The molecule has 7 heteroatoms. The second-order valence-electron chi connectivity index (χ2n) is 5.04. The summed E-state index contributed by atoms with van der Waals surface area (Å²) in [5, 5.41) is 4.15. The maximum absolute atomic E-state index is 5.46. The van der Waals surface area contributed by atoms with E-state index in [4.69, 9.17) is 14.5 Å². The lowest BCUT2D eigenvalue weighted by Crippen LogP contribution is -2.48. The maximum atomic E-state index is 5.46. The molecule has 0 aromatic rings. The lowest BCUT2D eigenvalue weighted by atomic mass is 10.3. The summed E-state index contributed by atoms with van der Waals surface area (Å²) in [4.78, 5) is 7.14. The molecular weight excluding hydrogens is 413 g/mol. The van der Waals surface area contributed by atoms with Gasteiger partial charge in [-0.1, -0.05) is 6.92 Å². The zero-order valence-electron chi connectivity index (χ0n) is 14.2. The summed E-state index contributed by atoms with van der Waals surface area (Å²) in [6.07, 6.45) is 2.19. The molecule has 0 aromatic carbocycles. The Bertz CT molecular complexity index is 296. The monoisotopic (exact) mass is 445 g/mol.